The largest absolute Gasteiger partial charge is 0.493 e. The van der Waals surface area contributed by atoms with Crippen molar-refractivity contribution in [1.29, 1.82) is 0 Å². The Balaban J connectivity index is 0.926. The van der Waals surface area contributed by atoms with E-state index in [1.54, 1.807) is 20.1 Å². The number of esters is 1. The minimum absolute atomic E-state index is 0.184. The number of halogens is 3. The second-order valence-electron chi connectivity index (χ2n) is 12.2. The van der Waals surface area contributed by atoms with Gasteiger partial charge in [-0.25, -0.2) is 0 Å². The van der Waals surface area contributed by atoms with E-state index in [4.69, 9.17) is 14.2 Å². The van der Waals surface area contributed by atoms with Crippen LogP contribution in [0.2, 0.25) is 0 Å². The van der Waals surface area contributed by atoms with Gasteiger partial charge in [0.1, 0.15) is 13.2 Å². The Hall–Kier alpha value is -3.93. The Morgan fingerprint density at radius 3 is 2.17 bits per heavy atom. The molecule has 7 nitrogen and oxygen atoms in total. The summed E-state index contributed by atoms with van der Waals surface area (Å²) in [5.41, 5.74) is 0.933. The van der Waals surface area contributed by atoms with E-state index in [2.05, 4.69) is 9.80 Å². The van der Waals surface area contributed by atoms with Gasteiger partial charge in [-0.15, -0.1) is 0 Å². The van der Waals surface area contributed by atoms with Crippen molar-refractivity contribution in [3.63, 3.8) is 0 Å². The number of methoxy groups -OCH3 is 1. The molecule has 0 radical (unpaired) electrons. The molecule has 1 atom stereocenters. The van der Waals surface area contributed by atoms with Crippen LogP contribution in [0.15, 0.2) is 88.7 Å². The molecule has 0 bridgehead atoms. The van der Waals surface area contributed by atoms with Crippen molar-refractivity contribution in [2.24, 2.45) is 5.92 Å². The normalized spacial score (nSPS) is 15.9. The minimum atomic E-state index is -4.39. The van der Waals surface area contributed by atoms with Crippen LogP contribution in [0.25, 0.3) is 10.8 Å². The molecule has 2 aliphatic rings. The average Bonchev–Trinajstić information content (AvgIpc) is 3.09. The zero-order valence-electron chi connectivity index (χ0n) is 27.2. The summed E-state index contributed by atoms with van der Waals surface area (Å²) in [6.45, 7) is 7.91. The van der Waals surface area contributed by atoms with E-state index in [-0.39, 0.29) is 12.6 Å². The van der Waals surface area contributed by atoms with Crippen LogP contribution in [0.4, 0.5) is 24.5 Å². The van der Waals surface area contributed by atoms with Gasteiger partial charge in [0.25, 0.3) is 0 Å². The monoisotopic (exact) mass is 679 g/mol. The topological polar surface area (TPSA) is 54.5 Å². The highest BCUT2D eigenvalue weighted by Crippen LogP contribution is 2.49. The van der Waals surface area contributed by atoms with E-state index in [0.29, 0.717) is 36.9 Å². The summed E-state index contributed by atoms with van der Waals surface area (Å²) in [4.78, 5) is 21.3. The first-order chi connectivity index (χ1) is 23.2. The molecule has 0 spiro atoms. The molecule has 4 aromatic carbocycles. The molecular weight excluding hydrogens is 639 g/mol. The maximum absolute atomic E-state index is 13.5. The standard InChI is InChI=1S/C37H40F3N3O4S/c1-26(25-47-33-23-28-9-4-3-8-27(28)22-32(33)45-2)36(44)46-21-20-42-18-16-41(17-19-42)14-7-15-43-30-10-5-6-11-34(30)48-35-13-12-29(24-31(35)43)37(38,39)40/h3-6,8-13,22-24,26H,7,14-21,25H2,1-2H3. The molecule has 48 heavy (non-hydrogen) atoms. The van der Waals surface area contributed by atoms with Gasteiger partial charge in [0, 0.05) is 49.1 Å². The van der Waals surface area contributed by atoms with E-state index in [1.807, 2.05) is 65.6 Å². The second kappa shape index (κ2) is 15.1. The van der Waals surface area contributed by atoms with Crippen molar-refractivity contribution in [3.05, 3.63) is 84.4 Å². The van der Waals surface area contributed by atoms with Gasteiger partial charge >= 0.3 is 12.1 Å². The molecule has 0 N–H and O–H groups in total. The summed E-state index contributed by atoms with van der Waals surface area (Å²) in [6.07, 6.45) is -3.57. The van der Waals surface area contributed by atoms with Gasteiger partial charge in [-0.2, -0.15) is 13.2 Å². The third-order valence-corrected chi connectivity index (χ3v) is 9.98. The van der Waals surface area contributed by atoms with Gasteiger partial charge in [-0.3, -0.25) is 9.69 Å². The first-order valence-electron chi connectivity index (χ1n) is 16.3. The fourth-order valence-corrected chi connectivity index (χ4v) is 7.18. The summed E-state index contributed by atoms with van der Waals surface area (Å²) >= 11 is 1.51. The van der Waals surface area contributed by atoms with Crippen LogP contribution < -0.4 is 14.4 Å². The van der Waals surface area contributed by atoms with Crippen LogP contribution >= 0.6 is 11.8 Å². The van der Waals surface area contributed by atoms with Gasteiger partial charge in [-0.1, -0.05) is 48.2 Å². The highest BCUT2D eigenvalue weighted by atomic mass is 32.2. The molecule has 11 heteroatoms. The summed E-state index contributed by atoms with van der Waals surface area (Å²) in [5.74, 6) is 0.480. The average molecular weight is 680 g/mol. The Kier molecular flexibility index (Phi) is 10.7. The fourth-order valence-electron chi connectivity index (χ4n) is 6.11. The molecule has 1 saturated heterocycles. The van der Waals surface area contributed by atoms with Crippen LogP contribution in [0, 0.1) is 5.92 Å². The first kappa shape index (κ1) is 34.0. The number of alkyl halides is 3. The molecule has 6 rings (SSSR count). The number of benzene rings is 4. The summed E-state index contributed by atoms with van der Waals surface area (Å²) in [6, 6.07) is 23.7. The molecule has 0 aromatic heterocycles. The molecule has 2 aliphatic heterocycles. The number of anilines is 2. The molecule has 1 unspecified atom stereocenters. The number of hydrogen-bond acceptors (Lipinski definition) is 8. The molecular formula is C37H40F3N3O4S. The van der Waals surface area contributed by atoms with E-state index in [1.165, 1.54) is 23.9 Å². The van der Waals surface area contributed by atoms with Crippen molar-refractivity contribution in [3.8, 4) is 11.5 Å². The number of hydrogen-bond donors (Lipinski definition) is 0. The number of piperazine rings is 1. The van der Waals surface area contributed by atoms with Crippen molar-refractivity contribution in [2.75, 3.05) is 71.0 Å². The molecule has 254 valence electrons. The van der Waals surface area contributed by atoms with E-state index in [9.17, 15) is 18.0 Å². The maximum atomic E-state index is 13.5. The third kappa shape index (κ3) is 8.02. The van der Waals surface area contributed by atoms with Crippen LogP contribution in [0.1, 0.15) is 18.9 Å². The Labute approximate surface area is 283 Å². The summed E-state index contributed by atoms with van der Waals surface area (Å²) in [7, 11) is 1.60. The first-order valence-corrected chi connectivity index (χ1v) is 17.1. The smallest absolute Gasteiger partial charge is 0.416 e. The number of ether oxygens (including phenoxy) is 3. The van der Waals surface area contributed by atoms with Gasteiger partial charge < -0.3 is 24.0 Å². The Morgan fingerprint density at radius 1 is 0.812 bits per heavy atom. The lowest BCUT2D eigenvalue weighted by atomic mass is 10.1. The van der Waals surface area contributed by atoms with E-state index >= 15 is 0 Å². The lowest BCUT2D eigenvalue weighted by Crippen LogP contribution is -2.47. The molecule has 0 aliphatic carbocycles. The summed E-state index contributed by atoms with van der Waals surface area (Å²) < 4.78 is 57.7. The number of fused-ring (bicyclic) bond motifs is 3. The van der Waals surface area contributed by atoms with Gasteiger partial charge in [0.2, 0.25) is 0 Å². The van der Waals surface area contributed by atoms with Crippen LogP contribution in [0.3, 0.4) is 0 Å². The minimum Gasteiger partial charge on any atom is -0.493 e. The SMILES string of the molecule is COc1cc2ccccc2cc1OCC(C)C(=O)OCCN1CCN(CCCN2c3ccccc3Sc3ccc(C(F)(F)F)cc32)CC1. The Morgan fingerprint density at radius 2 is 1.46 bits per heavy atom. The van der Waals surface area contributed by atoms with Crippen LogP contribution in [-0.2, 0) is 15.7 Å². The lowest BCUT2D eigenvalue weighted by Gasteiger charge is -2.36. The Bertz CT molecular complexity index is 1730. The number of para-hydroxylation sites is 1. The fraction of sp³-hybridized carbons (Fsp3) is 0.378. The van der Waals surface area contributed by atoms with E-state index in [0.717, 1.165) is 65.4 Å². The van der Waals surface area contributed by atoms with Gasteiger partial charge in [-0.05, 0) is 73.1 Å². The zero-order valence-corrected chi connectivity index (χ0v) is 28.0. The molecule has 4 aromatic rings. The molecule has 0 amide bonds. The number of carbonyl (C=O) groups is 1. The lowest BCUT2D eigenvalue weighted by molar-refractivity contribution is -0.149. The van der Waals surface area contributed by atoms with Gasteiger partial charge in [0.15, 0.2) is 11.5 Å². The van der Waals surface area contributed by atoms with Crippen molar-refractivity contribution < 1.29 is 32.2 Å². The molecule has 2 heterocycles. The quantitative estimate of drug-likeness (QED) is 0.141. The maximum Gasteiger partial charge on any atom is 0.416 e. The van der Waals surface area contributed by atoms with Crippen molar-refractivity contribution >= 4 is 39.9 Å². The zero-order chi connectivity index (χ0) is 33.7. The van der Waals surface area contributed by atoms with E-state index < -0.39 is 17.7 Å². The third-order valence-electron chi connectivity index (χ3n) is 8.85. The highest BCUT2D eigenvalue weighted by Gasteiger charge is 2.33. The molecule has 0 saturated carbocycles. The number of nitrogens with zero attached hydrogens (tertiary/aromatic N) is 3. The summed E-state index contributed by atoms with van der Waals surface area (Å²) in [5, 5.41) is 2.08. The number of rotatable bonds is 12. The molecule has 1 fully saturated rings. The predicted octanol–water partition coefficient (Wildman–Crippen LogP) is 7.74. The van der Waals surface area contributed by atoms with Crippen LogP contribution in [-0.4, -0.2) is 81.9 Å². The van der Waals surface area contributed by atoms with Crippen LogP contribution in [0.5, 0.6) is 11.5 Å². The van der Waals surface area contributed by atoms with Gasteiger partial charge in [0.05, 0.1) is 30.0 Å². The van der Waals surface area contributed by atoms with Crippen molar-refractivity contribution in [2.45, 2.75) is 29.3 Å². The highest BCUT2D eigenvalue weighted by molar-refractivity contribution is 7.99. The predicted molar refractivity (Wildman–Crippen MR) is 183 cm³/mol. The van der Waals surface area contributed by atoms with Crippen molar-refractivity contribution in [1.82, 2.24) is 9.80 Å². The second-order valence-corrected chi connectivity index (χ2v) is 13.3. The number of carbonyl (C=O) groups excluding carboxylic acids is 1.